The molecule has 20 heavy (non-hydrogen) atoms. The Kier molecular flexibility index (Phi) is 6.21. The predicted molar refractivity (Wildman–Crippen MR) is 83.0 cm³/mol. The summed E-state index contributed by atoms with van der Waals surface area (Å²) < 4.78 is 0. The summed E-state index contributed by atoms with van der Waals surface area (Å²) >= 11 is 0. The van der Waals surface area contributed by atoms with E-state index in [4.69, 9.17) is 0 Å². The molecule has 0 aromatic heterocycles. The van der Waals surface area contributed by atoms with E-state index in [1.54, 1.807) is 0 Å². The van der Waals surface area contributed by atoms with E-state index in [2.05, 4.69) is 25.2 Å². The van der Waals surface area contributed by atoms with Crippen LogP contribution >= 0.6 is 0 Å². The monoisotopic (exact) mass is 277 g/mol. The molecule has 0 aliphatic rings. The molecular weight excluding hydrogens is 250 g/mol. The number of aryl methyl sites for hydroxylation is 2. The SMILES string of the molecule is CCC(CC)(CCO)CNC(=O)c1cc(C)cc(C)c1. The Morgan fingerprint density at radius 2 is 1.70 bits per heavy atom. The number of hydrogen-bond donors (Lipinski definition) is 2. The van der Waals surface area contributed by atoms with Crippen LogP contribution in [0.5, 0.6) is 0 Å². The number of carbonyl (C=O) groups excluding carboxylic acids is 1. The molecule has 1 amide bonds. The fourth-order valence-electron chi connectivity index (χ4n) is 2.65. The fourth-order valence-corrected chi connectivity index (χ4v) is 2.65. The molecule has 0 fully saturated rings. The maximum Gasteiger partial charge on any atom is 0.251 e. The number of rotatable bonds is 7. The van der Waals surface area contributed by atoms with Gasteiger partial charge in [-0.2, -0.15) is 0 Å². The van der Waals surface area contributed by atoms with Crippen LogP contribution in [0.4, 0.5) is 0 Å². The molecule has 0 aliphatic carbocycles. The van der Waals surface area contributed by atoms with E-state index >= 15 is 0 Å². The molecule has 2 N–H and O–H groups in total. The Labute approximate surface area is 122 Å². The van der Waals surface area contributed by atoms with Gasteiger partial charge in [-0.05, 0) is 50.7 Å². The summed E-state index contributed by atoms with van der Waals surface area (Å²) in [4.78, 5) is 12.3. The zero-order valence-corrected chi connectivity index (χ0v) is 13.1. The molecule has 1 aromatic carbocycles. The second kappa shape index (κ2) is 7.44. The van der Waals surface area contributed by atoms with Crippen LogP contribution in [0.3, 0.4) is 0 Å². The summed E-state index contributed by atoms with van der Waals surface area (Å²) in [7, 11) is 0. The van der Waals surface area contributed by atoms with Gasteiger partial charge in [-0.1, -0.05) is 31.0 Å². The predicted octanol–water partition coefficient (Wildman–Crippen LogP) is 3.22. The first-order valence-corrected chi connectivity index (χ1v) is 7.43. The maximum atomic E-state index is 12.3. The van der Waals surface area contributed by atoms with Crippen molar-refractivity contribution in [3.05, 3.63) is 34.9 Å². The van der Waals surface area contributed by atoms with Crippen molar-refractivity contribution in [2.24, 2.45) is 5.41 Å². The first-order valence-electron chi connectivity index (χ1n) is 7.43. The molecule has 0 aliphatic heterocycles. The topological polar surface area (TPSA) is 49.3 Å². The molecule has 0 unspecified atom stereocenters. The number of aliphatic hydroxyl groups is 1. The van der Waals surface area contributed by atoms with Crippen molar-refractivity contribution in [3.63, 3.8) is 0 Å². The van der Waals surface area contributed by atoms with Gasteiger partial charge in [0.25, 0.3) is 5.91 Å². The number of benzene rings is 1. The lowest BCUT2D eigenvalue weighted by Crippen LogP contribution is -2.37. The fraction of sp³-hybridized carbons (Fsp3) is 0.588. The van der Waals surface area contributed by atoms with Gasteiger partial charge in [0.2, 0.25) is 0 Å². The lowest BCUT2D eigenvalue weighted by Gasteiger charge is -2.31. The molecule has 3 nitrogen and oxygen atoms in total. The Balaban J connectivity index is 2.74. The molecule has 0 bridgehead atoms. The average molecular weight is 277 g/mol. The van der Waals surface area contributed by atoms with Crippen molar-refractivity contribution in [1.29, 1.82) is 0 Å². The van der Waals surface area contributed by atoms with Crippen LogP contribution in [-0.2, 0) is 0 Å². The lowest BCUT2D eigenvalue weighted by atomic mass is 9.79. The highest BCUT2D eigenvalue weighted by atomic mass is 16.3. The molecule has 1 rings (SSSR count). The lowest BCUT2D eigenvalue weighted by molar-refractivity contribution is 0.0907. The van der Waals surface area contributed by atoms with E-state index in [0.29, 0.717) is 12.1 Å². The van der Waals surface area contributed by atoms with Crippen molar-refractivity contribution >= 4 is 5.91 Å². The van der Waals surface area contributed by atoms with E-state index < -0.39 is 0 Å². The van der Waals surface area contributed by atoms with Gasteiger partial charge in [-0.3, -0.25) is 4.79 Å². The highest BCUT2D eigenvalue weighted by molar-refractivity contribution is 5.94. The van der Waals surface area contributed by atoms with Crippen LogP contribution in [0.1, 0.15) is 54.6 Å². The van der Waals surface area contributed by atoms with Gasteiger partial charge >= 0.3 is 0 Å². The molecule has 0 spiro atoms. The van der Waals surface area contributed by atoms with Crippen molar-refractivity contribution in [3.8, 4) is 0 Å². The molecule has 3 heteroatoms. The minimum Gasteiger partial charge on any atom is -0.396 e. The molecule has 0 radical (unpaired) electrons. The minimum absolute atomic E-state index is 0.00325. The summed E-state index contributed by atoms with van der Waals surface area (Å²) in [6, 6.07) is 5.88. The third-order valence-corrected chi connectivity index (χ3v) is 4.25. The van der Waals surface area contributed by atoms with Crippen molar-refractivity contribution in [2.75, 3.05) is 13.2 Å². The summed E-state index contributed by atoms with van der Waals surface area (Å²) in [5.74, 6) is -0.0268. The minimum atomic E-state index is -0.0268. The number of aliphatic hydroxyl groups excluding tert-OH is 1. The summed E-state index contributed by atoms with van der Waals surface area (Å²) in [5.41, 5.74) is 2.92. The van der Waals surface area contributed by atoms with Gasteiger partial charge in [0.15, 0.2) is 0 Å². The summed E-state index contributed by atoms with van der Waals surface area (Å²) in [6.45, 7) is 9.01. The third-order valence-electron chi connectivity index (χ3n) is 4.25. The van der Waals surface area contributed by atoms with Crippen LogP contribution < -0.4 is 5.32 Å². The quantitative estimate of drug-likeness (QED) is 0.804. The Hall–Kier alpha value is -1.35. The van der Waals surface area contributed by atoms with E-state index in [9.17, 15) is 9.90 Å². The molecule has 0 atom stereocenters. The van der Waals surface area contributed by atoms with Gasteiger partial charge in [0, 0.05) is 18.7 Å². The van der Waals surface area contributed by atoms with E-state index in [0.717, 1.165) is 30.4 Å². The van der Waals surface area contributed by atoms with Crippen molar-refractivity contribution in [1.82, 2.24) is 5.32 Å². The van der Waals surface area contributed by atoms with Crippen LogP contribution in [0.15, 0.2) is 18.2 Å². The summed E-state index contributed by atoms with van der Waals surface area (Å²) in [6.07, 6.45) is 2.64. The molecule has 112 valence electrons. The van der Waals surface area contributed by atoms with Crippen LogP contribution in [0.2, 0.25) is 0 Å². The van der Waals surface area contributed by atoms with E-state index in [1.165, 1.54) is 0 Å². The highest BCUT2D eigenvalue weighted by Crippen LogP contribution is 2.29. The molecule has 0 saturated carbocycles. The zero-order chi connectivity index (χ0) is 15.2. The third kappa shape index (κ3) is 4.34. The van der Waals surface area contributed by atoms with E-state index in [1.807, 2.05) is 26.0 Å². The zero-order valence-electron chi connectivity index (χ0n) is 13.1. The number of nitrogens with one attached hydrogen (secondary N) is 1. The Morgan fingerprint density at radius 3 is 2.15 bits per heavy atom. The van der Waals surface area contributed by atoms with Crippen LogP contribution in [0, 0.1) is 19.3 Å². The number of hydrogen-bond acceptors (Lipinski definition) is 2. The van der Waals surface area contributed by atoms with Crippen molar-refractivity contribution < 1.29 is 9.90 Å². The van der Waals surface area contributed by atoms with Crippen LogP contribution in [-0.4, -0.2) is 24.2 Å². The van der Waals surface area contributed by atoms with Gasteiger partial charge in [0.05, 0.1) is 0 Å². The first-order chi connectivity index (χ1) is 9.46. The molecular formula is C17H27NO2. The highest BCUT2D eigenvalue weighted by Gasteiger charge is 2.26. The normalized spacial score (nSPS) is 11.4. The van der Waals surface area contributed by atoms with Crippen molar-refractivity contribution in [2.45, 2.75) is 47.0 Å². The Bertz CT molecular complexity index is 430. The molecule has 1 aromatic rings. The maximum absolute atomic E-state index is 12.3. The Morgan fingerprint density at radius 1 is 1.15 bits per heavy atom. The van der Waals surface area contributed by atoms with Gasteiger partial charge in [0.1, 0.15) is 0 Å². The second-order valence-corrected chi connectivity index (χ2v) is 5.74. The number of carbonyl (C=O) groups is 1. The largest absolute Gasteiger partial charge is 0.396 e. The second-order valence-electron chi connectivity index (χ2n) is 5.74. The standard InChI is InChI=1S/C17H27NO2/c1-5-17(6-2,7-8-19)12-18-16(20)15-10-13(3)9-14(4)11-15/h9-11,19H,5-8,12H2,1-4H3,(H,18,20). The van der Waals surface area contributed by atoms with Gasteiger partial charge in [-0.25, -0.2) is 0 Å². The van der Waals surface area contributed by atoms with Gasteiger partial charge < -0.3 is 10.4 Å². The summed E-state index contributed by atoms with van der Waals surface area (Å²) in [5, 5.41) is 12.2. The first kappa shape index (κ1) is 16.7. The average Bonchev–Trinajstić information content (AvgIpc) is 2.42. The molecule has 0 heterocycles. The number of amides is 1. The van der Waals surface area contributed by atoms with E-state index in [-0.39, 0.29) is 17.9 Å². The van der Waals surface area contributed by atoms with Gasteiger partial charge in [-0.15, -0.1) is 0 Å². The molecule has 0 saturated heterocycles. The van der Waals surface area contributed by atoms with Crippen LogP contribution in [0.25, 0.3) is 0 Å². The smallest absolute Gasteiger partial charge is 0.251 e.